The van der Waals surface area contributed by atoms with Gasteiger partial charge in [-0.3, -0.25) is 9.59 Å². The summed E-state index contributed by atoms with van der Waals surface area (Å²) in [7, 11) is 0. The SMILES string of the molecule is CC(=O)Nc1ccc(C(=O)O[C@H](C)C(=O)N[C@H]2CCC[C@H](C)[C@H]2C)cc1. The predicted octanol–water partition coefficient (Wildman–Crippen LogP) is 3.13. The van der Waals surface area contributed by atoms with Crippen molar-refractivity contribution in [3.05, 3.63) is 29.8 Å². The van der Waals surface area contributed by atoms with Gasteiger partial charge in [-0.1, -0.05) is 26.7 Å². The Morgan fingerprint density at radius 3 is 2.38 bits per heavy atom. The Morgan fingerprint density at radius 2 is 1.77 bits per heavy atom. The Hall–Kier alpha value is -2.37. The Balaban J connectivity index is 1.89. The fraction of sp³-hybridized carbons (Fsp3) is 0.550. The second-order valence-corrected chi connectivity index (χ2v) is 7.19. The summed E-state index contributed by atoms with van der Waals surface area (Å²) in [6, 6.07) is 6.48. The van der Waals surface area contributed by atoms with Gasteiger partial charge in [0.25, 0.3) is 5.91 Å². The highest BCUT2D eigenvalue weighted by molar-refractivity contribution is 5.93. The molecule has 6 heteroatoms. The van der Waals surface area contributed by atoms with Crippen LogP contribution in [0.1, 0.15) is 57.3 Å². The van der Waals surface area contributed by atoms with Crippen LogP contribution < -0.4 is 10.6 Å². The van der Waals surface area contributed by atoms with Crippen LogP contribution in [0.2, 0.25) is 0 Å². The van der Waals surface area contributed by atoms with Gasteiger partial charge in [-0.05, 0) is 49.4 Å². The molecular weight excluding hydrogens is 332 g/mol. The summed E-state index contributed by atoms with van der Waals surface area (Å²) in [5.74, 6) is -0.0194. The van der Waals surface area contributed by atoms with Gasteiger partial charge in [-0.2, -0.15) is 0 Å². The van der Waals surface area contributed by atoms with Crippen molar-refractivity contribution in [2.24, 2.45) is 11.8 Å². The second kappa shape index (κ2) is 8.83. The van der Waals surface area contributed by atoms with E-state index < -0.39 is 12.1 Å². The maximum Gasteiger partial charge on any atom is 0.338 e. The van der Waals surface area contributed by atoms with Gasteiger partial charge in [0.05, 0.1) is 5.56 Å². The van der Waals surface area contributed by atoms with E-state index in [9.17, 15) is 14.4 Å². The van der Waals surface area contributed by atoms with Crippen molar-refractivity contribution in [2.75, 3.05) is 5.32 Å². The molecule has 2 amide bonds. The lowest BCUT2D eigenvalue weighted by Gasteiger charge is -2.35. The van der Waals surface area contributed by atoms with Crippen LogP contribution in [0.25, 0.3) is 0 Å². The van der Waals surface area contributed by atoms with Crippen LogP contribution in [0.5, 0.6) is 0 Å². The van der Waals surface area contributed by atoms with E-state index in [1.165, 1.54) is 13.3 Å². The molecule has 26 heavy (non-hydrogen) atoms. The van der Waals surface area contributed by atoms with Gasteiger partial charge in [0.1, 0.15) is 0 Å². The largest absolute Gasteiger partial charge is 0.449 e. The molecule has 6 nitrogen and oxygen atoms in total. The molecule has 142 valence electrons. The lowest BCUT2D eigenvalue weighted by atomic mass is 9.78. The molecule has 0 unspecified atom stereocenters. The first-order valence-corrected chi connectivity index (χ1v) is 9.17. The summed E-state index contributed by atoms with van der Waals surface area (Å²) in [5.41, 5.74) is 0.929. The summed E-state index contributed by atoms with van der Waals surface area (Å²) < 4.78 is 5.28. The van der Waals surface area contributed by atoms with Gasteiger partial charge < -0.3 is 15.4 Å². The van der Waals surface area contributed by atoms with Crippen molar-refractivity contribution >= 4 is 23.5 Å². The molecule has 4 atom stereocenters. The minimum absolute atomic E-state index is 0.129. The van der Waals surface area contributed by atoms with Crippen LogP contribution in [0.15, 0.2) is 24.3 Å². The van der Waals surface area contributed by atoms with Crippen LogP contribution in [0.3, 0.4) is 0 Å². The van der Waals surface area contributed by atoms with Crippen LogP contribution in [0.4, 0.5) is 5.69 Å². The Morgan fingerprint density at radius 1 is 1.12 bits per heavy atom. The summed E-state index contributed by atoms with van der Waals surface area (Å²) in [4.78, 5) is 35.6. The number of rotatable bonds is 5. The fourth-order valence-electron chi connectivity index (χ4n) is 3.26. The number of benzene rings is 1. The average Bonchev–Trinajstić information content (AvgIpc) is 2.59. The van der Waals surface area contributed by atoms with Crippen LogP contribution >= 0.6 is 0 Å². The topological polar surface area (TPSA) is 84.5 Å². The number of hydrogen-bond acceptors (Lipinski definition) is 4. The molecule has 2 N–H and O–H groups in total. The first-order valence-electron chi connectivity index (χ1n) is 9.17. The molecule has 1 aromatic rings. The quantitative estimate of drug-likeness (QED) is 0.790. The van der Waals surface area contributed by atoms with Crippen LogP contribution in [-0.2, 0) is 14.3 Å². The summed E-state index contributed by atoms with van der Waals surface area (Å²) in [6.07, 6.45) is 2.39. The molecule has 0 bridgehead atoms. The number of carbonyl (C=O) groups is 3. The van der Waals surface area contributed by atoms with E-state index in [-0.39, 0.29) is 17.9 Å². The Bertz CT molecular complexity index is 656. The van der Waals surface area contributed by atoms with E-state index in [0.717, 1.165) is 12.8 Å². The fourth-order valence-corrected chi connectivity index (χ4v) is 3.26. The minimum Gasteiger partial charge on any atom is -0.449 e. The first-order chi connectivity index (χ1) is 12.3. The number of anilines is 1. The van der Waals surface area contributed by atoms with Crippen LogP contribution in [-0.4, -0.2) is 29.9 Å². The molecule has 0 saturated heterocycles. The van der Waals surface area contributed by atoms with Crippen molar-refractivity contribution < 1.29 is 19.1 Å². The zero-order valence-corrected chi connectivity index (χ0v) is 15.9. The van der Waals surface area contributed by atoms with Crippen molar-refractivity contribution in [3.63, 3.8) is 0 Å². The normalized spacial score (nSPS) is 23.6. The number of amides is 2. The summed E-state index contributed by atoms with van der Waals surface area (Å²) in [5, 5.41) is 5.65. The van der Waals surface area contributed by atoms with E-state index in [1.54, 1.807) is 31.2 Å². The lowest BCUT2D eigenvalue weighted by Crippen LogP contribution is -2.47. The third kappa shape index (κ3) is 5.31. The molecule has 0 spiro atoms. The van der Waals surface area contributed by atoms with E-state index in [0.29, 0.717) is 23.1 Å². The van der Waals surface area contributed by atoms with Gasteiger partial charge >= 0.3 is 5.97 Å². The molecule has 1 fully saturated rings. The molecular formula is C20H28N2O4. The molecule has 0 heterocycles. The van der Waals surface area contributed by atoms with Crippen molar-refractivity contribution in [1.82, 2.24) is 5.32 Å². The number of hydrogen-bond donors (Lipinski definition) is 2. The maximum absolute atomic E-state index is 12.4. The molecule has 1 aromatic carbocycles. The van der Waals surface area contributed by atoms with E-state index >= 15 is 0 Å². The number of ether oxygens (including phenoxy) is 1. The monoisotopic (exact) mass is 360 g/mol. The van der Waals surface area contributed by atoms with Crippen molar-refractivity contribution in [3.8, 4) is 0 Å². The Labute approximate surface area is 154 Å². The van der Waals surface area contributed by atoms with Gasteiger partial charge in [0, 0.05) is 18.7 Å². The number of esters is 1. The van der Waals surface area contributed by atoms with E-state index in [4.69, 9.17) is 4.74 Å². The summed E-state index contributed by atoms with van der Waals surface area (Å²) in [6.45, 7) is 7.35. The lowest BCUT2D eigenvalue weighted by molar-refractivity contribution is -0.130. The van der Waals surface area contributed by atoms with Gasteiger partial charge in [-0.15, -0.1) is 0 Å². The molecule has 0 aliphatic heterocycles. The van der Waals surface area contributed by atoms with Gasteiger partial charge in [0.15, 0.2) is 6.10 Å². The van der Waals surface area contributed by atoms with E-state index in [1.807, 2.05) is 0 Å². The first kappa shape index (κ1) is 19.9. The van der Waals surface area contributed by atoms with Crippen LogP contribution in [0, 0.1) is 11.8 Å². The molecule has 2 rings (SSSR count). The third-order valence-corrected chi connectivity index (χ3v) is 5.13. The average molecular weight is 360 g/mol. The minimum atomic E-state index is -0.859. The zero-order valence-electron chi connectivity index (χ0n) is 15.9. The van der Waals surface area contributed by atoms with Gasteiger partial charge in [0.2, 0.25) is 5.91 Å². The highest BCUT2D eigenvalue weighted by atomic mass is 16.5. The maximum atomic E-state index is 12.4. The Kier molecular flexibility index (Phi) is 6.77. The molecule has 1 aliphatic rings. The van der Waals surface area contributed by atoms with E-state index in [2.05, 4.69) is 24.5 Å². The molecule has 0 radical (unpaired) electrons. The number of nitrogens with one attached hydrogen (secondary N) is 2. The second-order valence-electron chi connectivity index (χ2n) is 7.19. The summed E-state index contributed by atoms with van der Waals surface area (Å²) >= 11 is 0. The van der Waals surface area contributed by atoms with Crippen molar-refractivity contribution in [2.45, 2.75) is 59.1 Å². The molecule has 0 aromatic heterocycles. The third-order valence-electron chi connectivity index (χ3n) is 5.13. The standard InChI is InChI=1S/C20H28N2O4/c1-12-6-5-7-18(13(12)2)22-19(24)14(3)26-20(25)16-8-10-17(11-9-16)21-15(4)23/h8-14,18H,5-7H2,1-4H3,(H,21,23)(H,22,24)/t12-,13+,14+,18-/m0/s1. The number of carbonyl (C=O) groups excluding carboxylic acids is 3. The zero-order chi connectivity index (χ0) is 19.3. The highest BCUT2D eigenvalue weighted by Crippen LogP contribution is 2.29. The molecule has 1 saturated carbocycles. The predicted molar refractivity (Wildman–Crippen MR) is 99.7 cm³/mol. The van der Waals surface area contributed by atoms with Gasteiger partial charge in [-0.25, -0.2) is 4.79 Å². The smallest absolute Gasteiger partial charge is 0.338 e. The molecule has 1 aliphatic carbocycles. The van der Waals surface area contributed by atoms with Crippen molar-refractivity contribution in [1.29, 1.82) is 0 Å². The highest BCUT2D eigenvalue weighted by Gasteiger charge is 2.30.